The van der Waals surface area contributed by atoms with Crippen molar-refractivity contribution >= 4 is 22.2 Å². The largest absolute Gasteiger partial charge is 0.302 e. The van der Waals surface area contributed by atoms with Gasteiger partial charge in [0.1, 0.15) is 6.29 Å². The Hall–Kier alpha value is 0.110. The number of carbonyl (C=O) groups is 1. The Morgan fingerprint density at radius 1 is 1.62 bits per heavy atom. The lowest BCUT2D eigenvalue weighted by molar-refractivity contribution is -0.112. The highest BCUT2D eigenvalue weighted by Gasteiger charge is 2.29. The number of halogens is 1. The number of hydrogen-bond acceptors (Lipinski definition) is 2. The third-order valence-electron chi connectivity index (χ3n) is 2.71. The molecule has 3 heteroatoms. The Kier molecular flexibility index (Phi) is 3.92. The van der Waals surface area contributed by atoms with E-state index in [1.54, 1.807) is 0 Å². The molecule has 0 N–H and O–H groups in total. The van der Waals surface area contributed by atoms with E-state index in [2.05, 4.69) is 34.7 Å². The number of piperidine rings is 1. The predicted molar refractivity (Wildman–Crippen MR) is 58.2 cm³/mol. The first-order chi connectivity index (χ1) is 6.09. The third kappa shape index (κ3) is 3.06. The minimum Gasteiger partial charge on any atom is -0.302 e. The molecule has 1 fully saturated rings. The molecule has 1 heterocycles. The second-order valence-electron chi connectivity index (χ2n) is 4.60. The van der Waals surface area contributed by atoms with Crippen LogP contribution in [0.4, 0.5) is 0 Å². The molecule has 1 aliphatic heterocycles. The van der Waals surface area contributed by atoms with Gasteiger partial charge in [0, 0.05) is 11.9 Å². The molecule has 0 saturated carbocycles. The van der Waals surface area contributed by atoms with Crippen LogP contribution >= 0.6 is 15.9 Å². The van der Waals surface area contributed by atoms with Crippen LogP contribution in [0.3, 0.4) is 0 Å². The molecule has 0 aromatic rings. The summed E-state index contributed by atoms with van der Waals surface area (Å²) >= 11 is 3.38. The molecule has 0 bridgehead atoms. The number of hydrogen-bond donors (Lipinski definition) is 0. The van der Waals surface area contributed by atoms with Gasteiger partial charge in [-0.15, -0.1) is 0 Å². The SMILES string of the molecule is CC1(C)CCCN(C(C=O)CBr)C1. The lowest BCUT2D eigenvalue weighted by Gasteiger charge is -2.40. The van der Waals surface area contributed by atoms with Crippen LogP contribution in [0.1, 0.15) is 26.7 Å². The summed E-state index contributed by atoms with van der Waals surface area (Å²) in [6.07, 6.45) is 3.54. The summed E-state index contributed by atoms with van der Waals surface area (Å²) in [6.45, 7) is 6.66. The molecule has 13 heavy (non-hydrogen) atoms. The maximum absolute atomic E-state index is 10.8. The molecule has 76 valence electrons. The quantitative estimate of drug-likeness (QED) is 0.563. The van der Waals surface area contributed by atoms with Crippen LogP contribution in [0.15, 0.2) is 0 Å². The second-order valence-corrected chi connectivity index (χ2v) is 5.24. The van der Waals surface area contributed by atoms with Crippen LogP contribution < -0.4 is 0 Å². The minimum atomic E-state index is 0.0691. The fourth-order valence-corrected chi connectivity index (χ4v) is 2.53. The second kappa shape index (κ2) is 4.56. The number of carbonyl (C=O) groups excluding carboxylic acids is 1. The van der Waals surface area contributed by atoms with Gasteiger partial charge < -0.3 is 4.79 Å². The molecule has 0 aromatic carbocycles. The predicted octanol–water partition coefficient (Wildman–Crippen LogP) is 2.07. The van der Waals surface area contributed by atoms with E-state index in [0.29, 0.717) is 5.41 Å². The van der Waals surface area contributed by atoms with Gasteiger partial charge in [-0.25, -0.2) is 0 Å². The Balaban J connectivity index is 2.55. The van der Waals surface area contributed by atoms with Crippen LogP contribution in [0.25, 0.3) is 0 Å². The van der Waals surface area contributed by atoms with Crippen molar-refractivity contribution in [1.29, 1.82) is 0 Å². The van der Waals surface area contributed by atoms with Gasteiger partial charge in [0.25, 0.3) is 0 Å². The number of alkyl halides is 1. The maximum Gasteiger partial charge on any atom is 0.137 e. The van der Waals surface area contributed by atoms with Crippen molar-refractivity contribution in [3.05, 3.63) is 0 Å². The normalized spacial score (nSPS) is 25.5. The van der Waals surface area contributed by atoms with Gasteiger partial charge in [-0.05, 0) is 24.8 Å². The van der Waals surface area contributed by atoms with Crippen molar-refractivity contribution in [2.45, 2.75) is 32.7 Å². The van der Waals surface area contributed by atoms with Crippen molar-refractivity contribution in [2.75, 3.05) is 18.4 Å². The number of nitrogens with zero attached hydrogens (tertiary/aromatic N) is 1. The van der Waals surface area contributed by atoms with Crippen molar-refractivity contribution < 1.29 is 4.79 Å². The van der Waals surface area contributed by atoms with Crippen LogP contribution in [-0.4, -0.2) is 35.6 Å². The summed E-state index contributed by atoms with van der Waals surface area (Å²) in [7, 11) is 0. The first-order valence-electron chi connectivity index (χ1n) is 4.84. The Bertz CT molecular complexity index is 182. The highest BCUT2D eigenvalue weighted by atomic mass is 79.9. The zero-order chi connectivity index (χ0) is 9.90. The molecule has 1 unspecified atom stereocenters. The molecule has 0 aliphatic carbocycles. The summed E-state index contributed by atoms with van der Waals surface area (Å²) in [6, 6.07) is 0.0691. The third-order valence-corrected chi connectivity index (χ3v) is 3.38. The molecular weight excluding hydrogens is 230 g/mol. The number of aldehydes is 1. The summed E-state index contributed by atoms with van der Waals surface area (Å²) < 4.78 is 0. The highest BCUT2D eigenvalue weighted by Crippen LogP contribution is 2.29. The number of likely N-dealkylation sites (tertiary alicyclic amines) is 1. The summed E-state index contributed by atoms with van der Waals surface area (Å²) in [5.41, 5.74) is 0.377. The van der Waals surface area contributed by atoms with Gasteiger partial charge in [0.05, 0.1) is 6.04 Å². The van der Waals surface area contributed by atoms with E-state index in [0.717, 1.165) is 24.7 Å². The van der Waals surface area contributed by atoms with Crippen LogP contribution in [0.5, 0.6) is 0 Å². The van der Waals surface area contributed by atoms with Crippen molar-refractivity contribution in [2.24, 2.45) is 5.41 Å². The van der Waals surface area contributed by atoms with Gasteiger partial charge >= 0.3 is 0 Å². The monoisotopic (exact) mass is 247 g/mol. The van der Waals surface area contributed by atoms with E-state index in [1.807, 2.05) is 0 Å². The fraction of sp³-hybridized carbons (Fsp3) is 0.900. The lowest BCUT2D eigenvalue weighted by Crippen LogP contribution is -2.47. The topological polar surface area (TPSA) is 20.3 Å². The molecule has 1 saturated heterocycles. The smallest absolute Gasteiger partial charge is 0.137 e. The average molecular weight is 248 g/mol. The van der Waals surface area contributed by atoms with E-state index < -0.39 is 0 Å². The van der Waals surface area contributed by atoms with E-state index in [1.165, 1.54) is 12.8 Å². The summed E-state index contributed by atoms with van der Waals surface area (Å²) in [5.74, 6) is 0. The molecular formula is C10H18BrNO. The van der Waals surface area contributed by atoms with Crippen molar-refractivity contribution in [3.8, 4) is 0 Å². The van der Waals surface area contributed by atoms with E-state index >= 15 is 0 Å². The van der Waals surface area contributed by atoms with Gasteiger partial charge in [0.2, 0.25) is 0 Å². The number of rotatable bonds is 3. The minimum absolute atomic E-state index is 0.0691. The average Bonchev–Trinajstić information content (AvgIpc) is 2.05. The molecule has 2 nitrogen and oxygen atoms in total. The molecule has 0 amide bonds. The molecule has 1 aliphatic rings. The van der Waals surface area contributed by atoms with Gasteiger partial charge in [-0.2, -0.15) is 0 Å². The van der Waals surface area contributed by atoms with E-state index in [4.69, 9.17) is 0 Å². The van der Waals surface area contributed by atoms with Gasteiger partial charge in [-0.3, -0.25) is 4.90 Å². The van der Waals surface area contributed by atoms with Crippen LogP contribution in [-0.2, 0) is 4.79 Å². The fourth-order valence-electron chi connectivity index (χ4n) is 1.97. The van der Waals surface area contributed by atoms with Gasteiger partial charge in [-0.1, -0.05) is 29.8 Å². The van der Waals surface area contributed by atoms with E-state index in [-0.39, 0.29) is 6.04 Å². The molecule has 0 aromatic heterocycles. The van der Waals surface area contributed by atoms with Crippen LogP contribution in [0.2, 0.25) is 0 Å². The molecule has 1 atom stereocenters. The highest BCUT2D eigenvalue weighted by molar-refractivity contribution is 9.09. The van der Waals surface area contributed by atoms with Crippen molar-refractivity contribution in [3.63, 3.8) is 0 Å². The Morgan fingerprint density at radius 2 is 2.31 bits per heavy atom. The summed E-state index contributed by atoms with van der Waals surface area (Å²) in [5, 5.41) is 0.757. The standard InChI is InChI=1S/C10H18BrNO/c1-10(2)4-3-5-12(8-10)9(6-11)7-13/h7,9H,3-6,8H2,1-2H3. The molecule has 0 radical (unpaired) electrons. The zero-order valence-electron chi connectivity index (χ0n) is 8.42. The van der Waals surface area contributed by atoms with Crippen molar-refractivity contribution in [1.82, 2.24) is 4.90 Å². The van der Waals surface area contributed by atoms with Gasteiger partial charge in [0.15, 0.2) is 0 Å². The molecule has 1 rings (SSSR count). The van der Waals surface area contributed by atoms with Crippen LogP contribution in [0, 0.1) is 5.41 Å². The molecule has 0 spiro atoms. The first kappa shape index (κ1) is 11.2. The summed E-state index contributed by atoms with van der Waals surface area (Å²) in [4.78, 5) is 13.1. The Labute approximate surface area is 88.8 Å². The maximum atomic E-state index is 10.8. The lowest BCUT2D eigenvalue weighted by atomic mass is 9.84. The van der Waals surface area contributed by atoms with E-state index in [9.17, 15) is 4.79 Å². The Morgan fingerprint density at radius 3 is 2.77 bits per heavy atom. The zero-order valence-corrected chi connectivity index (χ0v) is 10.0. The first-order valence-corrected chi connectivity index (χ1v) is 5.96.